The van der Waals surface area contributed by atoms with Crippen molar-refractivity contribution in [1.82, 2.24) is 0 Å². The molecule has 0 saturated heterocycles. The molecule has 0 aliphatic heterocycles. The Balaban J connectivity index is 2.58. The number of hydrogen-bond acceptors (Lipinski definition) is 2. The highest BCUT2D eigenvalue weighted by Crippen LogP contribution is 2.19. The van der Waals surface area contributed by atoms with E-state index in [0.29, 0.717) is 22.9 Å². The molecule has 0 amide bonds. The van der Waals surface area contributed by atoms with Gasteiger partial charge in [-0.3, -0.25) is 0 Å². The maximum Gasteiger partial charge on any atom is 0.154 e. The smallest absolute Gasteiger partial charge is 0.154 e. The quantitative estimate of drug-likeness (QED) is 0.693. The molecule has 1 rings (SSSR count). The van der Waals surface area contributed by atoms with Crippen molar-refractivity contribution in [2.45, 2.75) is 25.5 Å². The van der Waals surface area contributed by atoms with Crippen molar-refractivity contribution in [2.24, 2.45) is 5.92 Å². The topological polar surface area (TPSA) is 34.1 Å². The number of rotatable bonds is 7. The third-order valence-corrected chi connectivity index (χ3v) is 5.29. The van der Waals surface area contributed by atoms with E-state index >= 15 is 0 Å². The first kappa shape index (κ1) is 16.0. The first-order valence-electron chi connectivity index (χ1n) is 5.94. The number of halogens is 2. The largest absolute Gasteiger partial charge is 0.228 e. The van der Waals surface area contributed by atoms with Crippen molar-refractivity contribution in [3.8, 4) is 0 Å². The Hall–Kier alpha value is -0.0600. The summed E-state index contributed by atoms with van der Waals surface area (Å²) in [6, 6.07) is 7.10. The van der Waals surface area contributed by atoms with Crippen LogP contribution in [-0.4, -0.2) is 19.5 Å². The summed E-state index contributed by atoms with van der Waals surface area (Å²) in [5.74, 6) is 0.686. The fourth-order valence-corrected chi connectivity index (χ4v) is 4.33. The van der Waals surface area contributed by atoms with E-state index in [-0.39, 0.29) is 11.5 Å². The average molecular weight is 354 g/mol. The fraction of sp³-hybridized carbons (Fsp3) is 0.538. The number of sulfone groups is 1. The minimum Gasteiger partial charge on any atom is -0.228 e. The summed E-state index contributed by atoms with van der Waals surface area (Å²) >= 11 is 9.34. The van der Waals surface area contributed by atoms with Crippen molar-refractivity contribution in [3.05, 3.63) is 34.9 Å². The number of hydrogen-bond donors (Lipinski definition) is 0. The van der Waals surface area contributed by atoms with Crippen molar-refractivity contribution in [3.63, 3.8) is 0 Å². The van der Waals surface area contributed by atoms with Gasteiger partial charge >= 0.3 is 0 Å². The van der Waals surface area contributed by atoms with E-state index in [1.54, 1.807) is 18.2 Å². The Morgan fingerprint density at radius 2 is 1.94 bits per heavy atom. The predicted molar refractivity (Wildman–Crippen MR) is 81.1 cm³/mol. The lowest BCUT2D eigenvalue weighted by molar-refractivity contribution is 0.536. The van der Waals surface area contributed by atoms with Gasteiger partial charge in [0.05, 0.1) is 11.5 Å². The lowest BCUT2D eigenvalue weighted by Crippen LogP contribution is -2.12. The maximum absolute atomic E-state index is 12.0. The van der Waals surface area contributed by atoms with E-state index in [1.807, 2.05) is 6.07 Å². The van der Waals surface area contributed by atoms with Crippen LogP contribution in [0.4, 0.5) is 0 Å². The summed E-state index contributed by atoms with van der Waals surface area (Å²) in [7, 11) is -3.07. The van der Waals surface area contributed by atoms with E-state index in [0.717, 1.165) is 11.8 Å². The lowest BCUT2D eigenvalue weighted by atomic mass is 10.1. The molecule has 0 radical (unpaired) electrons. The van der Waals surface area contributed by atoms with Crippen LogP contribution in [0.5, 0.6) is 0 Å². The minimum absolute atomic E-state index is 0.0354. The number of benzene rings is 1. The maximum atomic E-state index is 12.0. The van der Waals surface area contributed by atoms with E-state index in [9.17, 15) is 8.42 Å². The molecule has 0 aliphatic carbocycles. The van der Waals surface area contributed by atoms with E-state index < -0.39 is 9.84 Å². The number of alkyl halides is 1. The van der Waals surface area contributed by atoms with Gasteiger partial charge in [0.25, 0.3) is 0 Å². The summed E-state index contributed by atoms with van der Waals surface area (Å²) in [5, 5.41) is 1.44. The third-order valence-electron chi connectivity index (χ3n) is 2.86. The van der Waals surface area contributed by atoms with Crippen LogP contribution in [0.25, 0.3) is 0 Å². The summed E-state index contributed by atoms with van der Waals surface area (Å²) in [6.45, 7) is 2.08. The Morgan fingerprint density at radius 1 is 1.28 bits per heavy atom. The molecule has 1 aromatic rings. The van der Waals surface area contributed by atoms with Gasteiger partial charge in [-0.2, -0.15) is 0 Å². The van der Waals surface area contributed by atoms with Gasteiger partial charge in [0.2, 0.25) is 0 Å². The van der Waals surface area contributed by atoms with Gasteiger partial charge in [0.15, 0.2) is 9.84 Å². The SMILES string of the molecule is CC(CCBr)CCS(=O)(=O)Cc1ccccc1Cl. The van der Waals surface area contributed by atoms with Gasteiger partial charge in [-0.05, 0) is 30.4 Å². The summed E-state index contributed by atoms with van der Waals surface area (Å²) in [6.07, 6.45) is 1.71. The molecule has 18 heavy (non-hydrogen) atoms. The van der Waals surface area contributed by atoms with Crippen LogP contribution in [0.2, 0.25) is 5.02 Å². The van der Waals surface area contributed by atoms with Gasteiger partial charge in [-0.15, -0.1) is 0 Å². The normalized spacial score (nSPS) is 13.5. The second-order valence-corrected chi connectivity index (χ2v) is 7.94. The van der Waals surface area contributed by atoms with Crippen LogP contribution in [-0.2, 0) is 15.6 Å². The third kappa shape index (κ3) is 5.72. The van der Waals surface area contributed by atoms with E-state index in [2.05, 4.69) is 22.9 Å². The van der Waals surface area contributed by atoms with Gasteiger partial charge in [0.1, 0.15) is 0 Å². The molecule has 0 saturated carbocycles. The van der Waals surface area contributed by atoms with Crippen molar-refractivity contribution in [1.29, 1.82) is 0 Å². The molecule has 1 aromatic carbocycles. The van der Waals surface area contributed by atoms with Crippen LogP contribution < -0.4 is 0 Å². The minimum atomic E-state index is -3.07. The molecule has 102 valence electrons. The molecule has 2 nitrogen and oxygen atoms in total. The molecule has 5 heteroatoms. The van der Waals surface area contributed by atoms with Gasteiger partial charge in [-0.25, -0.2) is 8.42 Å². The monoisotopic (exact) mass is 352 g/mol. The van der Waals surface area contributed by atoms with Crippen LogP contribution in [0.15, 0.2) is 24.3 Å². The molecule has 1 unspecified atom stereocenters. The molecule has 1 atom stereocenters. The molecule has 0 bridgehead atoms. The van der Waals surface area contributed by atoms with Crippen LogP contribution in [0.3, 0.4) is 0 Å². The Kier molecular flexibility index (Phi) is 6.67. The van der Waals surface area contributed by atoms with E-state index in [1.165, 1.54) is 0 Å². The molecule has 0 spiro atoms. The Labute approximate surface area is 123 Å². The second kappa shape index (κ2) is 7.51. The highest BCUT2D eigenvalue weighted by Gasteiger charge is 2.15. The highest BCUT2D eigenvalue weighted by atomic mass is 79.9. The molecular weight excluding hydrogens is 336 g/mol. The van der Waals surface area contributed by atoms with Gasteiger partial charge < -0.3 is 0 Å². The zero-order valence-corrected chi connectivity index (χ0v) is 13.6. The summed E-state index contributed by atoms with van der Waals surface area (Å²) in [5.41, 5.74) is 0.687. The van der Waals surface area contributed by atoms with Gasteiger partial charge in [0, 0.05) is 10.4 Å². The van der Waals surface area contributed by atoms with Crippen LogP contribution >= 0.6 is 27.5 Å². The molecule has 0 aromatic heterocycles. The van der Waals surface area contributed by atoms with E-state index in [4.69, 9.17) is 11.6 Å². The first-order valence-corrected chi connectivity index (χ1v) is 9.26. The van der Waals surface area contributed by atoms with Crippen LogP contribution in [0.1, 0.15) is 25.3 Å². The average Bonchev–Trinajstić information content (AvgIpc) is 2.30. The highest BCUT2D eigenvalue weighted by molar-refractivity contribution is 9.09. The van der Waals surface area contributed by atoms with Crippen molar-refractivity contribution < 1.29 is 8.42 Å². The standard InChI is InChI=1S/C13H18BrClO2S/c1-11(6-8-14)7-9-18(16,17)10-12-4-2-3-5-13(12)15/h2-5,11H,6-10H2,1H3. The second-order valence-electron chi connectivity index (χ2n) is 4.55. The molecule has 0 fully saturated rings. The molecule has 0 heterocycles. The Morgan fingerprint density at radius 3 is 2.56 bits per heavy atom. The molecular formula is C13H18BrClO2S. The Bertz CT molecular complexity index is 474. The zero-order chi connectivity index (χ0) is 13.6. The first-order chi connectivity index (χ1) is 8.44. The molecule has 0 N–H and O–H groups in total. The van der Waals surface area contributed by atoms with Crippen molar-refractivity contribution in [2.75, 3.05) is 11.1 Å². The molecule has 0 aliphatic rings. The summed E-state index contributed by atoms with van der Waals surface area (Å²) in [4.78, 5) is 0. The van der Waals surface area contributed by atoms with Crippen LogP contribution in [0, 0.1) is 5.92 Å². The summed E-state index contributed by atoms with van der Waals surface area (Å²) < 4.78 is 24.0. The zero-order valence-electron chi connectivity index (χ0n) is 10.4. The van der Waals surface area contributed by atoms with Gasteiger partial charge in [-0.1, -0.05) is 52.7 Å². The fourth-order valence-electron chi connectivity index (χ4n) is 1.64. The van der Waals surface area contributed by atoms with Crippen molar-refractivity contribution >= 4 is 37.4 Å². The predicted octanol–water partition coefficient (Wildman–Crippen LogP) is 4.07. The lowest BCUT2D eigenvalue weighted by Gasteiger charge is -2.10.